The molecule has 5 nitrogen and oxygen atoms in total. The highest BCUT2D eigenvalue weighted by Crippen LogP contribution is 2.18. The van der Waals surface area contributed by atoms with Gasteiger partial charge in [0.25, 0.3) is 5.91 Å². The second-order valence-corrected chi connectivity index (χ2v) is 5.34. The minimum absolute atomic E-state index is 0.162. The first-order valence-electron chi connectivity index (χ1n) is 7.55. The number of carbonyl (C=O) groups excluding carboxylic acids is 1. The molecule has 0 spiro atoms. The Morgan fingerprint density at radius 3 is 2.42 bits per heavy atom. The van der Waals surface area contributed by atoms with E-state index in [0.717, 1.165) is 11.1 Å². The first-order valence-corrected chi connectivity index (χ1v) is 7.55. The van der Waals surface area contributed by atoms with Crippen LogP contribution in [0.5, 0.6) is 0 Å². The van der Waals surface area contributed by atoms with Gasteiger partial charge in [0.1, 0.15) is 5.82 Å². The molecule has 0 saturated carbocycles. The highest BCUT2D eigenvalue weighted by Gasteiger charge is 2.09. The van der Waals surface area contributed by atoms with Gasteiger partial charge >= 0.3 is 0 Å². The number of aryl methyl sites for hydroxylation is 1. The van der Waals surface area contributed by atoms with Crippen molar-refractivity contribution in [3.63, 3.8) is 0 Å². The lowest BCUT2D eigenvalue weighted by Gasteiger charge is -2.06. The number of amides is 1. The van der Waals surface area contributed by atoms with Crippen molar-refractivity contribution in [3.8, 4) is 11.5 Å². The summed E-state index contributed by atoms with van der Waals surface area (Å²) in [5.74, 6) is 0.494. The van der Waals surface area contributed by atoms with Crippen LogP contribution >= 0.6 is 0 Å². The molecule has 0 bridgehead atoms. The molecule has 2 aromatic carbocycles. The van der Waals surface area contributed by atoms with E-state index in [1.165, 1.54) is 12.1 Å². The van der Waals surface area contributed by atoms with Crippen LogP contribution in [0.3, 0.4) is 0 Å². The number of benzene rings is 2. The average molecular weight is 325 g/mol. The van der Waals surface area contributed by atoms with Crippen LogP contribution in [0.25, 0.3) is 11.5 Å². The van der Waals surface area contributed by atoms with Crippen molar-refractivity contribution >= 4 is 5.91 Å². The Morgan fingerprint density at radius 1 is 1.08 bits per heavy atom. The van der Waals surface area contributed by atoms with Gasteiger partial charge in [-0.25, -0.2) is 4.39 Å². The lowest BCUT2D eigenvalue weighted by atomic mass is 10.1. The van der Waals surface area contributed by atoms with E-state index in [1.54, 1.807) is 43.3 Å². The maximum Gasteiger partial charge on any atom is 0.251 e. The second kappa shape index (κ2) is 7.04. The van der Waals surface area contributed by atoms with Crippen LogP contribution in [0.2, 0.25) is 0 Å². The molecular weight excluding hydrogens is 309 g/mol. The summed E-state index contributed by atoms with van der Waals surface area (Å²) in [5, 5.41) is 10.6. The largest absolute Gasteiger partial charge is 0.421 e. The van der Waals surface area contributed by atoms with Gasteiger partial charge in [0.15, 0.2) is 0 Å². The van der Waals surface area contributed by atoms with E-state index in [9.17, 15) is 9.18 Å². The van der Waals surface area contributed by atoms with Crippen LogP contribution in [0, 0.1) is 12.7 Å². The van der Waals surface area contributed by atoms with Gasteiger partial charge in [-0.15, -0.1) is 10.2 Å². The van der Waals surface area contributed by atoms with Crippen molar-refractivity contribution < 1.29 is 13.6 Å². The molecule has 0 fully saturated rings. The third-order valence-electron chi connectivity index (χ3n) is 3.53. The van der Waals surface area contributed by atoms with E-state index in [4.69, 9.17) is 4.42 Å². The fourth-order valence-electron chi connectivity index (χ4n) is 2.25. The number of nitrogens with one attached hydrogen (secondary N) is 1. The van der Waals surface area contributed by atoms with Gasteiger partial charge in [0, 0.05) is 24.6 Å². The fraction of sp³-hybridized carbons (Fsp3) is 0.167. The topological polar surface area (TPSA) is 68.0 Å². The molecule has 1 heterocycles. The van der Waals surface area contributed by atoms with Crippen molar-refractivity contribution in [1.82, 2.24) is 15.5 Å². The van der Waals surface area contributed by atoms with Crippen LogP contribution in [0.15, 0.2) is 52.9 Å². The van der Waals surface area contributed by atoms with Crippen molar-refractivity contribution in [1.29, 1.82) is 0 Å². The number of nitrogens with zero attached hydrogens (tertiary/aromatic N) is 2. The summed E-state index contributed by atoms with van der Waals surface area (Å²) >= 11 is 0. The molecule has 3 rings (SSSR count). The predicted molar refractivity (Wildman–Crippen MR) is 86.9 cm³/mol. The minimum Gasteiger partial charge on any atom is -0.421 e. The maximum absolute atomic E-state index is 12.8. The number of hydrogen-bond acceptors (Lipinski definition) is 4. The van der Waals surface area contributed by atoms with Gasteiger partial charge in [-0.2, -0.15) is 0 Å². The molecule has 0 aliphatic heterocycles. The molecule has 24 heavy (non-hydrogen) atoms. The number of aromatic nitrogens is 2. The normalized spacial score (nSPS) is 10.6. The molecule has 3 aromatic rings. The van der Waals surface area contributed by atoms with Gasteiger partial charge in [0.05, 0.1) is 0 Å². The van der Waals surface area contributed by atoms with Gasteiger partial charge in [0.2, 0.25) is 11.8 Å². The first kappa shape index (κ1) is 15.9. The van der Waals surface area contributed by atoms with E-state index in [-0.39, 0.29) is 11.7 Å². The van der Waals surface area contributed by atoms with Crippen molar-refractivity contribution in [2.45, 2.75) is 13.3 Å². The van der Waals surface area contributed by atoms with E-state index in [1.807, 2.05) is 0 Å². The molecule has 0 atom stereocenters. The van der Waals surface area contributed by atoms with Crippen LogP contribution in [0.4, 0.5) is 4.39 Å². The first-order chi connectivity index (χ1) is 11.6. The van der Waals surface area contributed by atoms with E-state index in [2.05, 4.69) is 15.5 Å². The molecule has 122 valence electrons. The Labute approximate surface area is 138 Å². The zero-order valence-corrected chi connectivity index (χ0v) is 13.1. The molecule has 0 radical (unpaired) electrons. The molecule has 1 amide bonds. The van der Waals surface area contributed by atoms with Crippen LogP contribution in [-0.2, 0) is 6.42 Å². The van der Waals surface area contributed by atoms with E-state index >= 15 is 0 Å². The zero-order valence-electron chi connectivity index (χ0n) is 13.1. The molecule has 0 aliphatic carbocycles. The molecule has 0 aliphatic rings. The monoisotopic (exact) mass is 325 g/mol. The van der Waals surface area contributed by atoms with Crippen LogP contribution in [0.1, 0.15) is 21.8 Å². The molecule has 1 aromatic heterocycles. The summed E-state index contributed by atoms with van der Waals surface area (Å²) in [5.41, 5.74) is 2.28. The summed E-state index contributed by atoms with van der Waals surface area (Å²) in [6.07, 6.45) is 0.644. The predicted octanol–water partition coefficient (Wildman–Crippen LogP) is 3.16. The lowest BCUT2D eigenvalue weighted by Crippen LogP contribution is -2.25. The summed E-state index contributed by atoms with van der Waals surface area (Å²) in [6.45, 7) is 2.20. The SMILES string of the molecule is Cc1nnc(-c2ccc(C(=O)NCCc3ccc(F)cc3)cc2)o1. The zero-order chi connectivity index (χ0) is 16.9. The van der Waals surface area contributed by atoms with Gasteiger partial charge in [-0.3, -0.25) is 4.79 Å². The molecular formula is C18H16FN3O2. The number of carbonyl (C=O) groups is 1. The summed E-state index contributed by atoms with van der Waals surface area (Å²) in [6, 6.07) is 13.2. The second-order valence-electron chi connectivity index (χ2n) is 5.34. The standard InChI is InChI=1S/C18H16FN3O2/c1-12-21-22-18(24-12)15-6-4-14(5-7-15)17(23)20-11-10-13-2-8-16(19)9-3-13/h2-9H,10-11H2,1H3,(H,20,23). The van der Waals surface area contributed by atoms with Gasteiger partial charge in [-0.1, -0.05) is 12.1 Å². The quantitative estimate of drug-likeness (QED) is 0.782. The van der Waals surface area contributed by atoms with Gasteiger partial charge < -0.3 is 9.73 Å². The molecule has 0 unspecified atom stereocenters. The Hall–Kier alpha value is -3.02. The van der Waals surface area contributed by atoms with Crippen LogP contribution in [-0.4, -0.2) is 22.6 Å². The highest BCUT2D eigenvalue weighted by molar-refractivity contribution is 5.94. The average Bonchev–Trinajstić information content (AvgIpc) is 3.03. The third kappa shape index (κ3) is 3.84. The van der Waals surface area contributed by atoms with Gasteiger partial charge in [-0.05, 0) is 48.4 Å². The Morgan fingerprint density at radius 2 is 1.79 bits per heavy atom. The van der Waals surface area contributed by atoms with Crippen molar-refractivity contribution in [2.24, 2.45) is 0 Å². The minimum atomic E-state index is -0.265. The molecule has 6 heteroatoms. The van der Waals surface area contributed by atoms with E-state index < -0.39 is 0 Å². The van der Waals surface area contributed by atoms with E-state index in [0.29, 0.717) is 30.3 Å². The molecule has 1 N–H and O–H groups in total. The number of halogens is 1. The maximum atomic E-state index is 12.8. The smallest absolute Gasteiger partial charge is 0.251 e. The number of rotatable bonds is 5. The number of hydrogen-bond donors (Lipinski definition) is 1. The summed E-state index contributed by atoms with van der Waals surface area (Å²) < 4.78 is 18.2. The summed E-state index contributed by atoms with van der Waals surface area (Å²) in [4.78, 5) is 12.1. The summed E-state index contributed by atoms with van der Waals surface area (Å²) in [7, 11) is 0. The lowest BCUT2D eigenvalue weighted by molar-refractivity contribution is 0.0954. The van der Waals surface area contributed by atoms with Crippen LogP contribution < -0.4 is 5.32 Å². The Balaban J connectivity index is 1.56. The Bertz CT molecular complexity index is 826. The van der Waals surface area contributed by atoms with Crippen molar-refractivity contribution in [2.75, 3.05) is 6.54 Å². The third-order valence-corrected chi connectivity index (χ3v) is 3.53. The highest BCUT2D eigenvalue weighted by atomic mass is 19.1. The molecule has 0 saturated heterocycles. The van der Waals surface area contributed by atoms with Crippen molar-refractivity contribution in [3.05, 3.63) is 71.4 Å². The Kier molecular flexibility index (Phi) is 4.65. The fourth-order valence-corrected chi connectivity index (χ4v) is 2.25.